The summed E-state index contributed by atoms with van der Waals surface area (Å²) in [7, 11) is 3.54. The molecule has 1 aliphatic rings. The first-order valence-corrected chi connectivity index (χ1v) is 6.12. The molecule has 0 saturated heterocycles. The van der Waals surface area contributed by atoms with Gasteiger partial charge in [-0.2, -0.15) is 0 Å². The van der Waals surface area contributed by atoms with Crippen LogP contribution in [0.1, 0.15) is 37.0 Å². The van der Waals surface area contributed by atoms with E-state index < -0.39 is 0 Å². The third-order valence-electron chi connectivity index (χ3n) is 3.68. The first-order chi connectivity index (χ1) is 8.19. The molecule has 0 aliphatic heterocycles. The third-order valence-corrected chi connectivity index (χ3v) is 3.68. The van der Waals surface area contributed by atoms with Crippen LogP contribution in [-0.2, 0) is 9.47 Å². The molecular formula is C12H21N3O2. The first-order valence-electron chi connectivity index (χ1n) is 6.12. The second-order valence-corrected chi connectivity index (χ2v) is 4.63. The summed E-state index contributed by atoms with van der Waals surface area (Å²) in [6, 6.07) is 0.189. The van der Waals surface area contributed by atoms with Gasteiger partial charge in [-0.25, -0.2) is 0 Å². The summed E-state index contributed by atoms with van der Waals surface area (Å²) in [6.45, 7) is 3.96. The number of rotatable bonds is 3. The van der Waals surface area contributed by atoms with Crippen molar-refractivity contribution in [3.63, 3.8) is 0 Å². The van der Waals surface area contributed by atoms with E-state index in [0.717, 1.165) is 30.9 Å². The predicted octanol–water partition coefficient (Wildman–Crippen LogP) is 1.65. The fraction of sp³-hybridized carbons (Fsp3) is 0.833. The maximum Gasteiger partial charge on any atom is 0.130 e. The summed E-state index contributed by atoms with van der Waals surface area (Å²) in [5, 5.41) is 8.26. The molecule has 1 aliphatic carbocycles. The molecule has 1 saturated carbocycles. The Hall–Kier alpha value is -0.940. The minimum Gasteiger partial charge on any atom is -0.379 e. The van der Waals surface area contributed by atoms with Gasteiger partial charge in [0.2, 0.25) is 0 Å². The van der Waals surface area contributed by atoms with Crippen LogP contribution in [0.15, 0.2) is 0 Å². The molecule has 3 atom stereocenters. The van der Waals surface area contributed by atoms with E-state index >= 15 is 0 Å². The largest absolute Gasteiger partial charge is 0.379 e. The normalized spacial score (nSPS) is 29.5. The van der Waals surface area contributed by atoms with Crippen LogP contribution in [0.2, 0.25) is 0 Å². The molecule has 1 fully saturated rings. The topological polar surface area (TPSA) is 49.2 Å². The average Bonchev–Trinajstić information content (AvgIpc) is 2.68. The van der Waals surface area contributed by atoms with Crippen LogP contribution < -0.4 is 0 Å². The van der Waals surface area contributed by atoms with Gasteiger partial charge >= 0.3 is 0 Å². The van der Waals surface area contributed by atoms with Crippen molar-refractivity contribution in [3.05, 3.63) is 11.6 Å². The van der Waals surface area contributed by atoms with E-state index in [1.807, 2.05) is 13.8 Å². The third kappa shape index (κ3) is 2.21. The summed E-state index contributed by atoms with van der Waals surface area (Å²) in [5.74, 6) is 1.86. The van der Waals surface area contributed by atoms with Gasteiger partial charge in [-0.3, -0.25) is 0 Å². The van der Waals surface area contributed by atoms with E-state index in [9.17, 15) is 0 Å². The minimum atomic E-state index is 0.182. The van der Waals surface area contributed by atoms with Crippen LogP contribution in [0.25, 0.3) is 0 Å². The molecule has 1 aromatic heterocycles. The van der Waals surface area contributed by atoms with Crippen molar-refractivity contribution in [1.29, 1.82) is 0 Å². The second kappa shape index (κ2) is 5.14. The van der Waals surface area contributed by atoms with E-state index in [1.54, 1.807) is 14.2 Å². The van der Waals surface area contributed by atoms with Crippen molar-refractivity contribution in [2.45, 2.75) is 51.4 Å². The standard InChI is InChI=1S/C12H21N3O2/c1-8-13-14-9(2)15(8)12-10(16-3)6-5-7-11(12)17-4/h10-12H,5-7H2,1-4H3/t10-,11+,12+. The van der Waals surface area contributed by atoms with E-state index in [4.69, 9.17) is 9.47 Å². The van der Waals surface area contributed by atoms with Gasteiger partial charge < -0.3 is 14.0 Å². The molecule has 0 unspecified atom stereocenters. The summed E-state index contributed by atoms with van der Waals surface area (Å²) >= 11 is 0. The number of methoxy groups -OCH3 is 2. The lowest BCUT2D eigenvalue weighted by Gasteiger charge is -2.38. The molecule has 0 aromatic carbocycles. The van der Waals surface area contributed by atoms with Crippen LogP contribution in [0.5, 0.6) is 0 Å². The molecule has 5 heteroatoms. The van der Waals surface area contributed by atoms with Gasteiger partial charge in [0, 0.05) is 14.2 Å². The van der Waals surface area contributed by atoms with Gasteiger partial charge in [0.25, 0.3) is 0 Å². The molecule has 0 bridgehead atoms. The Morgan fingerprint density at radius 1 is 1.00 bits per heavy atom. The van der Waals surface area contributed by atoms with Crippen LogP contribution in [0.4, 0.5) is 0 Å². The quantitative estimate of drug-likeness (QED) is 0.804. The highest BCUT2D eigenvalue weighted by Gasteiger charge is 2.36. The maximum atomic E-state index is 5.61. The lowest BCUT2D eigenvalue weighted by atomic mass is 9.89. The van der Waals surface area contributed by atoms with Gasteiger partial charge in [-0.15, -0.1) is 10.2 Å². The molecule has 5 nitrogen and oxygen atoms in total. The smallest absolute Gasteiger partial charge is 0.130 e. The van der Waals surface area contributed by atoms with Crippen LogP contribution in [-0.4, -0.2) is 41.2 Å². The molecule has 2 rings (SSSR count). The Balaban J connectivity index is 2.36. The molecule has 1 aromatic rings. The van der Waals surface area contributed by atoms with Gasteiger partial charge in [0.05, 0.1) is 18.2 Å². The second-order valence-electron chi connectivity index (χ2n) is 4.63. The average molecular weight is 239 g/mol. The predicted molar refractivity (Wildman–Crippen MR) is 64.0 cm³/mol. The number of nitrogens with zero attached hydrogens (tertiary/aromatic N) is 3. The SMILES string of the molecule is CO[C@H]1CCC[C@@H](OC)[C@@H]1n1c(C)nnc1C. The van der Waals surface area contributed by atoms with E-state index in [2.05, 4.69) is 14.8 Å². The Morgan fingerprint density at radius 2 is 1.47 bits per heavy atom. The monoisotopic (exact) mass is 239 g/mol. The molecule has 0 radical (unpaired) electrons. The van der Waals surface area contributed by atoms with Crippen LogP contribution in [0.3, 0.4) is 0 Å². The summed E-state index contributed by atoms with van der Waals surface area (Å²) < 4.78 is 13.4. The van der Waals surface area contributed by atoms with Gasteiger partial charge in [0.1, 0.15) is 11.6 Å². The van der Waals surface area contributed by atoms with E-state index in [1.165, 1.54) is 0 Å². The Kier molecular flexibility index (Phi) is 3.79. The lowest BCUT2D eigenvalue weighted by molar-refractivity contribution is -0.0572. The Labute approximate surface area is 102 Å². The van der Waals surface area contributed by atoms with Crippen LogP contribution in [0, 0.1) is 13.8 Å². The van der Waals surface area contributed by atoms with E-state index in [-0.39, 0.29) is 18.2 Å². The summed E-state index contributed by atoms with van der Waals surface area (Å²) in [5.41, 5.74) is 0. The van der Waals surface area contributed by atoms with Gasteiger partial charge in [-0.05, 0) is 33.1 Å². The highest BCUT2D eigenvalue weighted by atomic mass is 16.5. The number of ether oxygens (including phenoxy) is 2. The van der Waals surface area contributed by atoms with Crippen molar-refractivity contribution in [2.24, 2.45) is 0 Å². The molecular weight excluding hydrogens is 218 g/mol. The first kappa shape index (κ1) is 12.5. The summed E-state index contributed by atoms with van der Waals surface area (Å²) in [4.78, 5) is 0. The Bertz CT molecular complexity index is 346. The van der Waals surface area contributed by atoms with Crippen molar-refractivity contribution >= 4 is 0 Å². The molecule has 96 valence electrons. The zero-order valence-electron chi connectivity index (χ0n) is 11.0. The van der Waals surface area contributed by atoms with Crippen molar-refractivity contribution < 1.29 is 9.47 Å². The molecule has 1 heterocycles. The Morgan fingerprint density at radius 3 is 1.88 bits per heavy atom. The lowest BCUT2D eigenvalue weighted by Crippen LogP contribution is -2.41. The fourth-order valence-corrected chi connectivity index (χ4v) is 2.85. The van der Waals surface area contributed by atoms with Crippen molar-refractivity contribution in [3.8, 4) is 0 Å². The number of hydrogen-bond acceptors (Lipinski definition) is 4. The number of aromatic nitrogens is 3. The molecule has 0 amide bonds. The highest BCUT2D eigenvalue weighted by Crippen LogP contribution is 2.34. The van der Waals surface area contributed by atoms with Crippen molar-refractivity contribution in [1.82, 2.24) is 14.8 Å². The van der Waals surface area contributed by atoms with Crippen LogP contribution >= 0.6 is 0 Å². The maximum absolute atomic E-state index is 5.61. The number of hydrogen-bond donors (Lipinski definition) is 0. The highest BCUT2D eigenvalue weighted by molar-refractivity contribution is 5.01. The number of aryl methyl sites for hydroxylation is 2. The van der Waals surface area contributed by atoms with E-state index in [0.29, 0.717) is 0 Å². The fourth-order valence-electron chi connectivity index (χ4n) is 2.85. The zero-order chi connectivity index (χ0) is 12.4. The minimum absolute atomic E-state index is 0.182. The van der Waals surface area contributed by atoms with Gasteiger partial charge in [-0.1, -0.05) is 0 Å². The van der Waals surface area contributed by atoms with Gasteiger partial charge in [0.15, 0.2) is 0 Å². The molecule has 0 N–H and O–H groups in total. The zero-order valence-corrected chi connectivity index (χ0v) is 11.0. The van der Waals surface area contributed by atoms with Crippen molar-refractivity contribution in [2.75, 3.05) is 14.2 Å². The summed E-state index contributed by atoms with van der Waals surface area (Å²) in [6.07, 6.45) is 3.65. The molecule has 17 heavy (non-hydrogen) atoms. The molecule has 0 spiro atoms.